The average molecular weight is 457 g/mol. The number of carbonyl (C=O) groups is 2. The minimum absolute atomic E-state index is 0.0592. The number of ether oxygens (including phenoxy) is 1. The molecular weight excluding hydrogens is 424 g/mol. The van der Waals surface area contributed by atoms with Crippen LogP contribution in [0.15, 0.2) is 55.1 Å². The maximum Gasteiger partial charge on any atom is 0.416 e. The highest BCUT2D eigenvalue weighted by Gasteiger charge is 2.43. The van der Waals surface area contributed by atoms with E-state index in [9.17, 15) is 14.7 Å². The fourth-order valence-electron chi connectivity index (χ4n) is 4.01. The first kappa shape index (κ1) is 26.3. The maximum atomic E-state index is 13.3. The van der Waals surface area contributed by atoms with Gasteiger partial charge >= 0.3 is 6.09 Å². The standard InChI is InChI=1S/C24H33BNO5P/c1-6-7-11-16(2)22(31-32(5)25)17(3)21(27)18(4)23(28)26-20(15-30-24(26)29)14-19-12-9-8-10-13-19/h6-13,16-18,20-22,27H,1,14-15H2,2-5H3/b11-7-/t16?,17-,18+,20?,21-,22-,32?/m0/s1. The fraction of sp³-hybridized carbons (Fsp3) is 0.500. The van der Waals surface area contributed by atoms with E-state index in [1.165, 1.54) is 0 Å². The minimum Gasteiger partial charge on any atom is -0.447 e. The molecule has 1 aliphatic rings. The molecule has 1 aromatic carbocycles. The molecule has 1 aliphatic heterocycles. The Morgan fingerprint density at radius 3 is 2.62 bits per heavy atom. The van der Waals surface area contributed by atoms with E-state index in [-0.39, 0.29) is 12.5 Å². The number of rotatable bonds is 11. The molecule has 2 rings (SSSR count). The quantitative estimate of drug-likeness (QED) is 0.308. The highest BCUT2D eigenvalue weighted by molar-refractivity contribution is 7.77. The molecule has 1 fully saturated rings. The van der Waals surface area contributed by atoms with E-state index < -0.39 is 50.1 Å². The molecule has 0 aromatic heterocycles. The van der Waals surface area contributed by atoms with Gasteiger partial charge in [-0.2, -0.15) is 0 Å². The predicted molar refractivity (Wildman–Crippen MR) is 128 cm³/mol. The molecule has 0 bridgehead atoms. The van der Waals surface area contributed by atoms with E-state index in [1.54, 1.807) is 19.7 Å². The highest BCUT2D eigenvalue weighted by atomic mass is 31.1. The number of aliphatic hydroxyl groups is 1. The Labute approximate surface area is 193 Å². The Morgan fingerprint density at radius 1 is 1.38 bits per heavy atom. The lowest BCUT2D eigenvalue weighted by atomic mass is 9.83. The normalized spacial score (nSPS) is 22.1. The molecule has 0 spiro atoms. The Bertz CT molecular complexity index is 803. The van der Waals surface area contributed by atoms with Gasteiger partial charge in [0, 0.05) is 11.8 Å². The summed E-state index contributed by atoms with van der Waals surface area (Å²) < 4.78 is 11.1. The lowest BCUT2D eigenvalue weighted by Gasteiger charge is -2.35. The van der Waals surface area contributed by atoms with Crippen molar-refractivity contribution in [2.45, 2.75) is 45.4 Å². The number of cyclic esters (lactones) is 1. The Balaban J connectivity index is 2.16. The number of carbonyl (C=O) groups excluding carboxylic acids is 2. The summed E-state index contributed by atoms with van der Waals surface area (Å²) in [6.45, 7) is 11.0. The minimum atomic E-state index is -1.17. The third-order valence-corrected chi connectivity index (χ3v) is 6.40. The monoisotopic (exact) mass is 457 g/mol. The second-order valence-corrected chi connectivity index (χ2v) is 9.67. The van der Waals surface area contributed by atoms with Crippen LogP contribution in [0, 0.1) is 17.8 Å². The number of hydrogen-bond donors (Lipinski definition) is 1. The van der Waals surface area contributed by atoms with Gasteiger partial charge in [0.15, 0.2) is 0 Å². The SMILES string of the molecule is [B]P(C)O[C@@H](C(C)/C=C\C=C)[C@@H](C)[C@H](O)[C@@H](C)C(=O)N1C(=O)OCC1Cc1ccccc1. The van der Waals surface area contributed by atoms with Gasteiger partial charge in [-0.05, 0) is 26.7 Å². The van der Waals surface area contributed by atoms with Crippen molar-refractivity contribution in [2.75, 3.05) is 13.3 Å². The second-order valence-electron chi connectivity index (χ2n) is 8.36. The molecule has 1 heterocycles. The van der Waals surface area contributed by atoms with Crippen molar-refractivity contribution >= 4 is 27.6 Å². The van der Waals surface area contributed by atoms with E-state index in [1.807, 2.05) is 56.3 Å². The Kier molecular flexibility index (Phi) is 10.1. The van der Waals surface area contributed by atoms with Gasteiger partial charge in [0.25, 0.3) is 0 Å². The molecule has 172 valence electrons. The van der Waals surface area contributed by atoms with Gasteiger partial charge in [0.05, 0.1) is 24.2 Å². The van der Waals surface area contributed by atoms with Crippen LogP contribution in [0.4, 0.5) is 4.79 Å². The van der Waals surface area contributed by atoms with Crippen molar-refractivity contribution in [1.82, 2.24) is 4.90 Å². The van der Waals surface area contributed by atoms with E-state index >= 15 is 0 Å². The smallest absolute Gasteiger partial charge is 0.416 e. The van der Waals surface area contributed by atoms with Crippen molar-refractivity contribution < 1.29 is 24.0 Å². The van der Waals surface area contributed by atoms with Crippen LogP contribution in [0.1, 0.15) is 26.3 Å². The molecule has 2 amide bonds. The fourth-order valence-corrected chi connectivity index (χ4v) is 4.78. The first-order chi connectivity index (χ1) is 15.2. The average Bonchev–Trinajstić information content (AvgIpc) is 3.14. The molecule has 0 saturated carbocycles. The zero-order valence-corrected chi connectivity index (χ0v) is 20.2. The Morgan fingerprint density at radius 2 is 2.03 bits per heavy atom. The first-order valence-electron chi connectivity index (χ1n) is 10.8. The molecule has 32 heavy (non-hydrogen) atoms. The van der Waals surface area contributed by atoms with Crippen LogP contribution in [0.2, 0.25) is 0 Å². The van der Waals surface area contributed by atoms with E-state index in [0.717, 1.165) is 10.5 Å². The summed E-state index contributed by atoms with van der Waals surface area (Å²) in [5.74, 6) is -1.74. The summed E-state index contributed by atoms with van der Waals surface area (Å²) in [4.78, 5) is 26.8. The summed E-state index contributed by atoms with van der Waals surface area (Å²) in [6.07, 6.45) is 3.81. The van der Waals surface area contributed by atoms with Crippen LogP contribution in [0.25, 0.3) is 0 Å². The predicted octanol–water partition coefficient (Wildman–Crippen LogP) is 4.08. The summed E-state index contributed by atoms with van der Waals surface area (Å²) in [7, 11) is 4.75. The van der Waals surface area contributed by atoms with Crippen molar-refractivity contribution in [3.05, 3.63) is 60.7 Å². The van der Waals surface area contributed by atoms with Crippen LogP contribution < -0.4 is 0 Å². The number of nitrogens with zero attached hydrogens (tertiary/aromatic N) is 1. The number of hydrogen-bond acceptors (Lipinski definition) is 5. The lowest BCUT2D eigenvalue weighted by Crippen LogP contribution is -2.48. The van der Waals surface area contributed by atoms with E-state index in [4.69, 9.17) is 16.8 Å². The van der Waals surface area contributed by atoms with Gasteiger partial charge in [0.1, 0.15) is 14.2 Å². The van der Waals surface area contributed by atoms with Gasteiger partial charge in [-0.1, -0.05) is 75.9 Å². The van der Waals surface area contributed by atoms with Crippen LogP contribution >= 0.6 is 8.03 Å². The van der Waals surface area contributed by atoms with Crippen molar-refractivity contribution in [1.29, 1.82) is 0 Å². The first-order valence-corrected chi connectivity index (χ1v) is 12.6. The third-order valence-electron chi connectivity index (χ3n) is 5.83. The third kappa shape index (κ3) is 6.78. The number of aliphatic hydroxyl groups excluding tert-OH is 1. The largest absolute Gasteiger partial charge is 0.447 e. The van der Waals surface area contributed by atoms with Gasteiger partial charge in [-0.3, -0.25) is 4.79 Å². The summed E-state index contributed by atoms with van der Waals surface area (Å²) in [5, 5.41) is 11.1. The topological polar surface area (TPSA) is 76.1 Å². The van der Waals surface area contributed by atoms with E-state index in [0.29, 0.717) is 6.42 Å². The van der Waals surface area contributed by atoms with Crippen molar-refractivity contribution in [3.8, 4) is 0 Å². The molecule has 7 atom stereocenters. The van der Waals surface area contributed by atoms with Crippen LogP contribution in [0.5, 0.6) is 0 Å². The van der Waals surface area contributed by atoms with Gasteiger partial charge in [-0.25, -0.2) is 9.69 Å². The molecular formula is C24H33BNO5P. The van der Waals surface area contributed by atoms with E-state index in [2.05, 4.69) is 6.58 Å². The number of imide groups is 1. The molecule has 2 radical (unpaired) electrons. The van der Waals surface area contributed by atoms with Crippen molar-refractivity contribution in [2.24, 2.45) is 17.8 Å². The van der Waals surface area contributed by atoms with Gasteiger partial charge in [-0.15, -0.1) is 0 Å². The highest BCUT2D eigenvalue weighted by Crippen LogP contribution is 2.36. The van der Waals surface area contributed by atoms with Gasteiger partial charge in [0.2, 0.25) is 5.91 Å². The second kappa shape index (κ2) is 12.3. The van der Waals surface area contributed by atoms with Crippen LogP contribution in [-0.4, -0.2) is 61.1 Å². The number of amides is 2. The molecule has 0 aliphatic carbocycles. The number of benzene rings is 1. The zero-order chi connectivity index (χ0) is 23.8. The molecule has 6 nitrogen and oxygen atoms in total. The van der Waals surface area contributed by atoms with Crippen LogP contribution in [-0.2, 0) is 20.5 Å². The van der Waals surface area contributed by atoms with Crippen molar-refractivity contribution in [3.63, 3.8) is 0 Å². The summed E-state index contributed by atoms with van der Waals surface area (Å²) in [6, 6.07) is 9.22. The molecule has 3 unspecified atom stereocenters. The number of allylic oxidation sites excluding steroid dienone is 2. The molecule has 1 saturated heterocycles. The summed E-state index contributed by atoms with van der Waals surface area (Å²) >= 11 is 0. The molecule has 1 N–H and O–H groups in total. The molecule has 1 aromatic rings. The van der Waals surface area contributed by atoms with Crippen LogP contribution in [0.3, 0.4) is 0 Å². The lowest BCUT2D eigenvalue weighted by molar-refractivity contribution is -0.138. The summed E-state index contributed by atoms with van der Waals surface area (Å²) in [5.41, 5.74) is 1.01. The Hall–Kier alpha value is -1.95. The zero-order valence-electron chi connectivity index (χ0n) is 19.3. The van der Waals surface area contributed by atoms with Gasteiger partial charge < -0.3 is 14.4 Å². The maximum absolute atomic E-state index is 13.3. The molecule has 8 heteroatoms.